The molecule has 1 N–H and O–H groups in total. The Balaban J connectivity index is 1.87. The van der Waals surface area contributed by atoms with Gasteiger partial charge in [-0.25, -0.2) is 4.79 Å². The highest BCUT2D eigenvalue weighted by molar-refractivity contribution is 5.93. The van der Waals surface area contributed by atoms with Crippen LogP contribution in [-0.2, 0) is 20.7 Å². The molecular formula is C21H24N2O4. The van der Waals surface area contributed by atoms with Gasteiger partial charge >= 0.3 is 5.97 Å². The van der Waals surface area contributed by atoms with E-state index in [1.54, 1.807) is 24.3 Å². The van der Waals surface area contributed by atoms with Gasteiger partial charge in [0.25, 0.3) is 5.91 Å². The highest BCUT2D eigenvalue weighted by Crippen LogP contribution is 2.13. The molecule has 0 unspecified atom stereocenters. The number of Topliss-reactive ketones (excluding diaryl/α,β-unsaturated/α-hetero) is 1. The zero-order valence-electron chi connectivity index (χ0n) is 15.8. The third-order valence-electron chi connectivity index (χ3n) is 4.06. The van der Waals surface area contributed by atoms with E-state index in [2.05, 4.69) is 5.32 Å². The number of nitrogens with zero attached hydrogens (tertiary/aromatic N) is 1. The van der Waals surface area contributed by atoms with E-state index in [9.17, 15) is 14.4 Å². The van der Waals surface area contributed by atoms with Crippen LogP contribution >= 0.6 is 0 Å². The van der Waals surface area contributed by atoms with Gasteiger partial charge < -0.3 is 15.0 Å². The first-order valence-corrected chi connectivity index (χ1v) is 8.65. The average Bonchev–Trinajstić information content (AvgIpc) is 2.66. The minimum absolute atomic E-state index is 0.155. The van der Waals surface area contributed by atoms with Gasteiger partial charge in [-0.15, -0.1) is 0 Å². The predicted molar refractivity (Wildman–Crippen MR) is 104 cm³/mol. The Morgan fingerprint density at radius 2 is 1.63 bits per heavy atom. The smallest absolute Gasteiger partial charge is 0.338 e. The number of nitrogens with one attached hydrogen (secondary N) is 1. The number of benzene rings is 2. The number of anilines is 1. The molecule has 142 valence electrons. The molecule has 0 aliphatic carbocycles. The summed E-state index contributed by atoms with van der Waals surface area (Å²) >= 11 is 0. The van der Waals surface area contributed by atoms with Crippen LogP contribution in [0, 0.1) is 0 Å². The van der Waals surface area contributed by atoms with Gasteiger partial charge in [0.1, 0.15) is 0 Å². The van der Waals surface area contributed by atoms with Crippen LogP contribution in [0.1, 0.15) is 22.8 Å². The summed E-state index contributed by atoms with van der Waals surface area (Å²) in [6, 6.07) is 15.6. The minimum Gasteiger partial charge on any atom is -0.452 e. The number of hydrogen-bond acceptors (Lipinski definition) is 5. The van der Waals surface area contributed by atoms with E-state index in [0.717, 1.165) is 11.3 Å². The number of rotatable bonds is 8. The number of carbonyl (C=O) groups excluding carboxylic acids is 3. The maximum atomic E-state index is 12.1. The molecule has 6 heteroatoms. The van der Waals surface area contributed by atoms with Gasteiger partial charge in [-0.1, -0.05) is 30.3 Å². The molecule has 0 saturated carbocycles. The third-order valence-corrected chi connectivity index (χ3v) is 4.06. The molecule has 0 aliphatic heterocycles. The Bertz CT molecular complexity index is 786. The van der Waals surface area contributed by atoms with E-state index in [4.69, 9.17) is 4.74 Å². The standard InChI is InChI=1S/C21H24N2O4/c1-15(24)19(13-16-7-5-4-6-8-16)22-20(25)14-27-21(26)17-9-11-18(12-10-17)23(2)3/h4-12,19H,13-14H2,1-3H3,(H,22,25)/t19-/m1/s1. The Morgan fingerprint density at radius 1 is 1.00 bits per heavy atom. The summed E-state index contributed by atoms with van der Waals surface area (Å²) in [6.07, 6.45) is 0.391. The lowest BCUT2D eigenvalue weighted by Crippen LogP contribution is -2.43. The summed E-state index contributed by atoms with van der Waals surface area (Å²) in [7, 11) is 3.80. The van der Waals surface area contributed by atoms with Gasteiger partial charge in [0, 0.05) is 19.8 Å². The highest BCUT2D eigenvalue weighted by Gasteiger charge is 2.19. The number of carbonyl (C=O) groups is 3. The topological polar surface area (TPSA) is 75.7 Å². The van der Waals surface area contributed by atoms with Crippen molar-refractivity contribution in [3.05, 3.63) is 65.7 Å². The number of amides is 1. The summed E-state index contributed by atoms with van der Waals surface area (Å²) in [4.78, 5) is 37.9. The molecule has 2 rings (SSSR count). The molecule has 0 aromatic heterocycles. The van der Waals surface area contributed by atoms with Crippen LogP contribution in [-0.4, -0.2) is 44.4 Å². The molecule has 0 heterocycles. The Kier molecular flexibility index (Phi) is 7.11. The number of ketones is 1. The van der Waals surface area contributed by atoms with Gasteiger partial charge in [0.2, 0.25) is 0 Å². The summed E-state index contributed by atoms with van der Waals surface area (Å²) in [5.74, 6) is -1.25. The SMILES string of the molecule is CC(=O)[C@@H](Cc1ccccc1)NC(=O)COC(=O)c1ccc(N(C)C)cc1. The van der Waals surface area contributed by atoms with Crippen LogP contribution in [0.4, 0.5) is 5.69 Å². The normalized spacial score (nSPS) is 11.4. The predicted octanol–water partition coefficient (Wildman–Crippen LogP) is 2.23. The molecule has 0 spiro atoms. The largest absolute Gasteiger partial charge is 0.452 e. The highest BCUT2D eigenvalue weighted by atomic mass is 16.5. The summed E-state index contributed by atoms with van der Waals surface area (Å²) in [5, 5.41) is 2.62. The van der Waals surface area contributed by atoms with Crippen LogP contribution in [0.3, 0.4) is 0 Å². The van der Waals surface area contributed by atoms with E-state index in [-0.39, 0.29) is 5.78 Å². The van der Waals surface area contributed by atoms with Gasteiger partial charge in [0.15, 0.2) is 12.4 Å². The molecule has 0 aliphatic rings. The summed E-state index contributed by atoms with van der Waals surface area (Å²) in [6.45, 7) is 0.985. The van der Waals surface area contributed by atoms with Crippen molar-refractivity contribution in [2.24, 2.45) is 0 Å². The lowest BCUT2D eigenvalue weighted by molar-refractivity contribution is -0.128. The van der Waals surface area contributed by atoms with Gasteiger partial charge in [-0.3, -0.25) is 9.59 Å². The second-order valence-electron chi connectivity index (χ2n) is 6.44. The monoisotopic (exact) mass is 368 g/mol. The molecule has 6 nitrogen and oxygen atoms in total. The van der Waals surface area contributed by atoms with Crippen LogP contribution in [0.25, 0.3) is 0 Å². The fourth-order valence-corrected chi connectivity index (χ4v) is 2.49. The second-order valence-corrected chi connectivity index (χ2v) is 6.44. The molecule has 0 radical (unpaired) electrons. The number of ether oxygens (including phenoxy) is 1. The van der Waals surface area contributed by atoms with Crippen molar-refractivity contribution in [1.29, 1.82) is 0 Å². The molecule has 0 saturated heterocycles. The van der Waals surface area contributed by atoms with Crippen LogP contribution < -0.4 is 10.2 Å². The first kappa shape index (κ1) is 20.2. The maximum Gasteiger partial charge on any atom is 0.338 e. The van der Waals surface area contributed by atoms with Crippen molar-refractivity contribution >= 4 is 23.3 Å². The van der Waals surface area contributed by atoms with Crippen molar-refractivity contribution < 1.29 is 19.1 Å². The summed E-state index contributed by atoms with van der Waals surface area (Å²) in [5.41, 5.74) is 2.26. The third kappa shape index (κ3) is 6.26. The Hall–Kier alpha value is -3.15. The zero-order valence-corrected chi connectivity index (χ0v) is 15.8. The quantitative estimate of drug-likeness (QED) is 0.723. The minimum atomic E-state index is -0.655. The van der Waals surface area contributed by atoms with Crippen LogP contribution in [0.15, 0.2) is 54.6 Å². The van der Waals surface area contributed by atoms with Crippen molar-refractivity contribution in [2.75, 3.05) is 25.6 Å². The maximum absolute atomic E-state index is 12.1. The fourth-order valence-electron chi connectivity index (χ4n) is 2.49. The van der Waals surface area contributed by atoms with Crippen molar-refractivity contribution in [3.8, 4) is 0 Å². The number of hydrogen-bond donors (Lipinski definition) is 1. The van der Waals surface area contributed by atoms with Crippen LogP contribution in [0.2, 0.25) is 0 Å². The molecule has 0 fully saturated rings. The lowest BCUT2D eigenvalue weighted by Gasteiger charge is -2.16. The second kappa shape index (κ2) is 9.52. The van der Waals surface area contributed by atoms with Crippen molar-refractivity contribution in [2.45, 2.75) is 19.4 Å². The van der Waals surface area contributed by atoms with Gasteiger partial charge in [0.05, 0.1) is 11.6 Å². The molecule has 1 atom stereocenters. The molecule has 2 aromatic carbocycles. The number of esters is 1. The molecule has 27 heavy (non-hydrogen) atoms. The fraction of sp³-hybridized carbons (Fsp3) is 0.286. The summed E-state index contributed by atoms with van der Waals surface area (Å²) < 4.78 is 5.05. The van der Waals surface area contributed by atoms with Crippen LogP contribution in [0.5, 0.6) is 0 Å². The lowest BCUT2D eigenvalue weighted by atomic mass is 10.0. The molecule has 0 bridgehead atoms. The van der Waals surface area contributed by atoms with E-state index >= 15 is 0 Å². The Labute approximate surface area is 159 Å². The van der Waals surface area contributed by atoms with E-state index in [1.165, 1.54) is 6.92 Å². The average molecular weight is 368 g/mol. The molecular weight excluding hydrogens is 344 g/mol. The van der Waals surface area contributed by atoms with E-state index in [1.807, 2.05) is 49.3 Å². The Morgan fingerprint density at radius 3 is 2.19 bits per heavy atom. The van der Waals surface area contributed by atoms with E-state index in [0.29, 0.717) is 12.0 Å². The van der Waals surface area contributed by atoms with Gasteiger partial charge in [-0.2, -0.15) is 0 Å². The first-order valence-electron chi connectivity index (χ1n) is 8.65. The van der Waals surface area contributed by atoms with Gasteiger partial charge in [-0.05, 0) is 43.2 Å². The zero-order chi connectivity index (χ0) is 19.8. The van der Waals surface area contributed by atoms with Crippen molar-refractivity contribution in [1.82, 2.24) is 5.32 Å². The molecule has 1 amide bonds. The first-order chi connectivity index (χ1) is 12.9. The van der Waals surface area contributed by atoms with E-state index < -0.39 is 24.5 Å². The van der Waals surface area contributed by atoms with Crippen molar-refractivity contribution in [3.63, 3.8) is 0 Å². The molecule has 2 aromatic rings.